The molecule has 2 atom stereocenters. The van der Waals surface area contributed by atoms with Crippen molar-refractivity contribution in [1.29, 1.82) is 0 Å². The number of imidazole rings is 1. The summed E-state index contributed by atoms with van der Waals surface area (Å²) in [5.41, 5.74) is 2.20. The number of aromatic nitrogens is 2. The lowest BCUT2D eigenvalue weighted by molar-refractivity contribution is -0.184. The van der Waals surface area contributed by atoms with Crippen LogP contribution in [0.25, 0.3) is 0 Å². The van der Waals surface area contributed by atoms with Crippen molar-refractivity contribution >= 4 is 0 Å². The molecular formula is C23H25FN2O3. The molecular weight excluding hydrogens is 371 g/mol. The molecule has 0 radical (unpaired) electrons. The maximum Gasteiger partial charge on any atom is 0.187 e. The number of aryl methyl sites for hydroxylation is 2. The highest BCUT2D eigenvalue weighted by Crippen LogP contribution is 2.31. The molecule has 1 aliphatic heterocycles. The molecule has 1 saturated heterocycles. The van der Waals surface area contributed by atoms with Crippen LogP contribution >= 0.6 is 0 Å². The summed E-state index contributed by atoms with van der Waals surface area (Å²) in [5.74, 6) is -0.175. The van der Waals surface area contributed by atoms with Crippen LogP contribution in [0, 0.1) is 12.7 Å². The maximum atomic E-state index is 13.2. The molecule has 0 bridgehead atoms. The van der Waals surface area contributed by atoms with Gasteiger partial charge in [0.05, 0.1) is 19.5 Å². The molecule has 0 saturated carbocycles. The van der Waals surface area contributed by atoms with Gasteiger partial charge in [0.15, 0.2) is 5.79 Å². The predicted octanol–water partition coefficient (Wildman–Crippen LogP) is 4.15. The maximum absolute atomic E-state index is 13.2. The second-order valence-electron chi connectivity index (χ2n) is 7.45. The van der Waals surface area contributed by atoms with Crippen molar-refractivity contribution in [3.63, 3.8) is 0 Å². The minimum atomic E-state index is -0.768. The first-order valence-corrected chi connectivity index (χ1v) is 9.82. The summed E-state index contributed by atoms with van der Waals surface area (Å²) in [4.78, 5) is 4.11. The summed E-state index contributed by atoms with van der Waals surface area (Å²) in [5, 5.41) is 0. The van der Waals surface area contributed by atoms with E-state index in [0.29, 0.717) is 26.2 Å². The van der Waals surface area contributed by atoms with E-state index in [0.717, 1.165) is 23.3 Å². The average Bonchev–Trinajstić information content (AvgIpc) is 3.37. The van der Waals surface area contributed by atoms with E-state index in [1.807, 2.05) is 42.0 Å². The molecule has 3 aromatic rings. The summed E-state index contributed by atoms with van der Waals surface area (Å²) in [6.07, 6.45) is 6.60. The molecule has 0 N–H and O–H groups in total. The summed E-state index contributed by atoms with van der Waals surface area (Å²) < 4.78 is 33.6. The predicted molar refractivity (Wildman–Crippen MR) is 107 cm³/mol. The molecule has 5 nitrogen and oxygen atoms in total. The van der Waals surface area contributed by atoms with Gasteiger partial charge in [0, 0.05) is 18.8 Å². The minimum Gasteiger partial charge on any atom is -0.491 e. The molecule has 1 aliphatic rings. The van der Waals surface area contributed by atoms with Crippen LogP contribution in [0.3, 0.4) is 0 Å². The zero-order chi connectivity index (χ0) is 20.1. The topological polar surface area (TPSA) is 45.5 Å². The fraction of sp³-hybridized carbons (Fsp3) is 0.348. The van der Waals surface area contributed by atoms with Crippen molar-refractivity contribution in [2.75, 3.05) is 13.2 Å². The zero-order valence-electron chi connectivity index (χ0n) is 16.5. The van der Waals surface area contributed by atoms with Crippen molar-refractivity contribution in [1.82, 2.24) is 9.55 Å². The Balaban J connectivity index is 1.41. The molecule has 2 aromatic carbocycles. The van der Waals surface area contributed by atoms with Gasteiger partial charge < -0.3 is 18.8 Å². The number of hydrogen-bond acceptors (Lipinski definition) is 4. The minimum absolute atomic E-state index is 0.160. The third-order valence-electron chi connectivity index (χ3n) is 5.03. The van der Waals surface area contributed by atoms with E-state index in [9.17, 15) is 4.39 Å². The SMILES string of the molecule is Cc1cccc(OCC2COC(CCc3ccc(F)cc3)(Cn3ccnc3)O2)c1. The van der Waals surface area contributed by atoms with Crippen molar-refractivity contribution in [3.8, 4) is 5.75 Å². The Morgan fingerprint density at radius 1 is 1.24 bits per heavy atom. The smallest absolute Gasteiger partial charge is 0.187 e. The molecule has 1 fully saturated rings. The molecule has 0 aliphatic carbocycles. The van der Waals surface area contributed by atoms with Crippen molar-refractivity contribution in [2.45, 2.75) is 38.2 Å². The van der Waals surface area contributed by atoms with Crippen LogP contribution in [0.5, 0.6) is 5.75 Å². The Morgan fingerprint density at radius 3 is 2.86 bits per heavy atom. The first-order valence-electron chi connectivity index (χ1n) is 9.82. The molecule has 0 spiro atoms. The highest BCUT2D eigenvalue weighted by molar-refractivity contribution is 5.27. The summed E-state index contributed by atoms with van der Waals surface area (Å²) in [6.45, 7) is 3.46. The van der Waals surface area contributed by atoms with Gasteiger partial charge in [0.25, 0.3) is 0 Å². The molecule has 2 heterocycles. The second kappa shape index (κ2) is 8.76. The highest BCUT2D eigenvalue weighted by Gasteiger charge is 2.42. The Labute approximate surface area is 170 Å². The Bertz CT molecular complexity index is 914. The van der Waals surface area contributed by atoms with E-state index in [1.54, 1.807) is 24.7 Å². The van der Waals surface area contributed by atoms with Crippen LogP contribution in [0.4, 0.5) is 4.39 Å². The third-order valence-corrected chi connectivity index (χ3v) is 5.03. The van der Waals surface area contributed by atoms with E-state index in [1.165, 1.54) is 12.1 Å². The summed E-state index contributed by atoms with van der Waals surface area (Å²) in [7, 11) is 0. The third kappa shape index (κ3) is 5.22. The van der Waals surface area contributed by atoms with Crippen LogP contribution < -0.4 is 4.74 Å². The van der Waals surface area contributed by atoms with Crippen molar-refractivity contribution in [3.05, 3.63) is 84.2 Å². The zero-order valence-corrected chi connectivity index (χ0v) is 16.5. The van der Waals surface area contributed by atoms with Crippen molar-refractivity contribution in [2.24, 2.45) is 0 Å². The van der Waals surface area contributed by atoms with Gasteiger partial charge in [-0.1, -0.05) is 24.3 Å². The normalized spacial score (nSPS) is 21.4. The molecule has 6 heteroatoms. The van der Waals surface area contributed by atoms with E-state index < -0.39 is 5.79 Å². The molecule has 1 aromatic heterocycles. The Morgan fingerprint density at radius 2 is 2.10 bits per heavy atom. The van der Waals surface area contributed by atoms with E-state index in [2.05, 4.69) is 4.98 Å². The number of hydrogen-bond donors (Lipinski definition) is 0. The summed E-state index contributed by atoms with van der Waals surface area (Å²) >= 11 is 0. The van der Waals surface area contributed by atoms with Gasteiger partial charge in [-0.15, -0.1) is 0 Å². The van der Waals surface area contributed by atoms with Gasteiger partial charge in [0.2, 0.25) is 0 Å². The second-order valence-corrected chi connectivity index (χ2v) is 7.45. The van der Waals surface area contributed by atoms with Gasteiger partial charge in [-0.05, 0) is 48.7 Å². The number of nitrogens with zero attached hydrogens (tertiary/aromatic N) is 2. The van der Waals surface area contributed by atoms with Gasteiger partial charge in [-0.3, -0.25) is 0 Å². The van der Waals surface area contributed by atoms with Crippen molar-refractivity contribution < 1.29 is 18.6 Å². The molecule has 0 amide bonds. The fourth-order valence-corrected chi connectivity index (χ4v) is 3.53. The number of ether oxygens (including phenoxy) is 3. The number of rotatable bonds is 8. The van der Waals surface area contributed by atoms with Gasteiger partial charge >= 0.3 is 0 Å². The van der Waals surface area contributed by atoms with E-state index in [4.69, 9.17) is 14.2 Å². The van der Waals surface area contributed by atoms with Crippen LogP contribution in [0.2, 0.25) is 0 Å². The monoisotopic (exact) mass is 396 g/mol. The Kier molecular flexibility index (Phi) is 5.92. The standard InChI is InChI=1S/C23H25FN2O3/c1-18-3-2-4-21(13-18)27-14-22-15-28-23(29-22,16-26-12-11-25-17-26)10-9-19-5-7-20(24)8-6-19/h2-8,11-13,17,22H,9-10,14-16H2,1H3. The lowest BCUT2D eigenvalue weighted by atomic mass is 10.0. The average molecular weight is 396 g/mol. The number of benzene rings is 2. The van der Waals surface area contributed by atoms with Crippen LogP contribution in [0.15, 0.2) is 67.3 Å². The van der Waals surface area contributed by atoms with Crippen LogP contribution in [-0.4, -0.2) is 34.7 Å². The largest absolute Gasteiger partial charge is 0.491 e. The highest BCUT2D eigenvalue weighted by atomic mass is 19.1. The first kappa shape index (κ1) is 19.6. The van der Waals surface area contributed by atoms with Crippen LogP contribution in [-0.2, 0) is 22.4 Å². The fourth-order valence-electron chi connectivity index (χ4n) is 3.53. The summed E-state index contributed by atoms with van der Waals surface area (Å²) in [6, 6.07) is 14.5. The van der Waals surface area contributed by atoms with Gasteiger partial charge in [-0.25, -0.2) is 9.37 Å². The van der Waals surface area contributed by atoms with E-state index in [-0.39, 0.29) is 11.9 Å². The first-order chi connectivity index (χ1) is 14.1. The van der Waals surface area contributed by atoms with Crippen LogP contribution in [0.1, 0.15) is 17.5 Å². The molecule has 29 heavy (non-hydrogen) atoms. The quantitative estimate of drug-likeness (QED) is 0.574. The van der Waals surface area contributed by atoms with E-state index >= 15 is 0 Å². The lowest BCUT2D eigenvalue weighted by Crippen LogP contribution is -2.37. The molecule has 4 rings (SSSR count). The molecule has 2 unspecified atom stereocenters. The Hall–Kier alpha value is -2.70. The van der Waals surface area contributed by atoms with Gasteiger partial charge in [-0.2, -0.15) is 0 Å². The van der Waals surface area contributed by atoms with Gasteiger partial charge in [0.1, 0.15) is 24.3 Å². The molecule has 152 valence electrons. The number of halogens is 1. The lowest BCUT2D eigenvalue weighted by Gasteiger charge is -2.28.